The lowest BCUT2D eigenvalue weighted by atomic mass is 10.3. The molecule has 3 nitrogen and oxygen atoms in total. The van der Waals surface area contributed by atoms with Crippen molar-refractivity contribution < 1.29 is 4.79 Å². The number of rotatable bonds is 3. The molecule has 1 fully saturated rings. The monoisotopic (exact) mass is 142 g/mol. The van der Waals surface area contributed by atoms with Crippen LogP contribution in [0.3, 0.4) is 0 Å². The molecule has 0 aliphatic heterocycles. The fourth-order valence-electron chi connectivity index (χ4n) is 0.765. The average molecular weight is 142 g/mol. The molecule has 58 valence electrons. The third-order valence-corrected chi connectivity index (χ3v) is 1.69. The van der Waals surface area contributed by atoms with Crippen LogP contribution in [0.15, 0.2) is 0 Å². The number of carbonyl (C=O) groups excluding carboxylic acids is 1. The van der Waals surface area contributed by atoms with E-state index in [1.54, 1.807) is 0 Å². The Morgan fingerprint density at radius 1 is 1.80 bits per heavy atom. The highest BCUT2D eigenvalue weighted by atomic mass is 16.2. The highest BCUT2D eigenvalue weighted by Gasteiger charge is 2.29. The van der Waals surface area contributed by atoms with Crippen molar-refractivity contribution in [3.63, 3.8) is 0 Å². The smallest absolute Gasteiger partial charge is 0.223 e. The van der Waals surface area contributed by atoms with Crippen LogP contribution in [0.5, 0.6) is 0 Å². The zero-order valence-corrected chi connectivity index (χ0v) is 6.26. The highest BCUT2D eigenvalue weighted by Crippen LogP contribution is 2.28. The van der Waals surface area contributed by atoms with Crippen molar-refractivity contribution in [1.82, 2.24) is 5.32 Å². The second kappa shape index (κ2) is 3.01. The number of hydrogen-bond acceptors (Lipinski definition) is 2. The second-order valence-electron chi connectivity index (χ2n) is 2.92. The molecule has 0 unspecified atom stereocenters. The van der Waals surface area contributed by atoms with E-state index < -0.39 is 0 Å². The Morgan fingerprint density at radius 2 is 2.40 bits per heavy atom. The Bertz CT molecular complexity index is 132. The van der Waals surface area contributed by atoms with E-state index in [-0.39, 0.29) is 11.9 Å². The van der Waals surface area contributed by atoms with Crippen LogP contribution in [0, 0.1) is 5.92 Å². The van der Waals surface area contributed by atoms with Crippen LogP contribution in [0.2, 0.25) is 0 Å². The fraction of sp³-hybridized carbons (Fsp3) is 0.857. The fourth-order valence-corrected chi connectivity index (χ4v) is 0.765. The molecular weight excluding hydrogens is 128 g/mol. The Labute approximate surface area is 61.0 Å². The van der Waals surface area contributed by atoms with Gasteiger partial charge in [-0.3, -0.25) is 4.79 Å². The van der Waals surface area contributed by atoms with Gasteiger partial charge in [0.25, 0.3) is 0 Å². The first-order valence-corrected chi connectivity index (χ1v) is 3.74. The summed E-state index contributed by atoms with van der Waals surface area (Å²) in [5.41, 5.74) is 5.33. The maximum absolute atomic E-state index is 11.0. The van der Waals surface area contributed by atoms with Gasteiger partial charge in [-0.25, -0.2) is 0 Å². The Balaban J connectivity index is 2.16. The SMILES string of the molecule is C[C@H](CN)NC(=O)C1CC1. The lowest BCUT2D eigenvalue weighted by Gasteiger charge is -2.09. The van der Waals surface area contributed by atoms with Crippen LogP contribution >= 0.6 is 0 Å². The molecule has 1 aliphatic carbocycles. The normalized spacial score (nSPS) is 20.2. The predicted molar refractivity (Wildman–Crippen MR) is 39.4 cm³/mol. The summed E-state index contributed by atoms with van der Waals surface area (Å²) in [4.78, 5) is 11.0. The first-order valence-electron chi connectivity index (χ1n) is 3.74. The van der Waals surface area contributed by atoms with Crippen molar-refractivity contribution >= 4 is 5.91 Å². The molecule has 0 aromatic rings. The minimum Gasteiger partial charge on any atom is -0.352 e. The molecule has 1 saturated carbocycles. The Morgan fingerprint density at radius 3 is 2.80 bits per heavy atom. The van der Waals surface area contributed by atoms with Gasteiger partial charge in [-0.2, -0.15) is 0 Å². The topological polar surface area (TPSA) is 55.1 Å². The molecule has 0 aromatic heterocycles. The summed E-state index contributed by atoms with van der Waals surface area (Å²) in [6.45, 7) is 2.44. The van der Waals surface area contributed by atoms with E-state index in [0.29, 0.717) is 12.5 Å². The minimum absolute atomic E-state index is 0.132. The molecule has 3 heteroatoms. The molecule has 0 aromatic carbocycles. The molecular formula is C7H14N2O. The van der Waals surface area contributed by atoms with Crippen molar-refractivity contribution in [3.05, 3.63) is 0 Å². The van der Waals surface area contributed by atoms with Crippen LogP contribution in [-0.2, 0) is 4.79 Å². The molecule has 1 rings (SSSR count). The van der Waals surface area contributed by atoms with Crippen molar-refractivity contribution in [2.45, 2.75) is 25.8 Å². The summed E-state index contributed by atoms with van der Waals surface area (Å²) in [6.07, 6.45) is 2.12. The van der Waals surface area contributed by atoms with Gasteiger partial charge in [-0.05, 0) is 19.8 Å². The maximum atomic E-state index is 11.0. The first kappa shape index (κ1) is 7.54. The van der Waals surface area contributed by atoms with Crippen molar-refractivity contribution in [3.8, 4) is 0 Å². The van der Waals surface area contributed by atoms with Crippen molar-refractivity contribution in [2.75, 3.05) is 6.54 Å². The van der Waals surface area contributed by atoms with E-state index in [1.165, 1.54) is 0 Å². The standard InChI is InChI=1S/C7H14N2O/c1-5(4-8)9-7(10)6-2-3-6/h5-6H,2-4,8H2,1H3,(H,9,10)/t5-/m1/s1. The number of nitrogens with two attached hydrogens (primary N) is 1. The quantitative estimate of drug-likeness (QED) is 0.576. The molecule has 1 atom stereocenters. The zero-order valence-electron chi connectivity index (χ0n) is 6.26. The van der Waals surface area contributed by atoms with Gasteiger partial charge in [0.05, 0.1) is 0 Å². The Hall–Kier alpha value is -0.570. The average Bonchev–Trinajstić information content (AvgIpc) is 2.68. The molecule has 1 amide bonds. The van der Waals surface area contributed by atoms with E-state index in [9.17, 15) is 4.79 Å². The predicted octanol–water partition coefficient (Wildman–Crippen LogP) is -0.140. The van der Waals surface area contributed by atoms with Crippen molar-refractivity contribution in [2.24, 2.45) is 11.7 Å². The second-order valence-corrected chi connectivity index (χ2v) is 2.92. The summed E-state index contributed by atoms with van der Waals surface area (Å²) in [7, 11) is 0. The largest absolute Gasteiger partial charge is 0.352 e. The third kappa shape index (κ3) is 1.99. The van der Waals surface area contributed by atoms with Crippen LogP contribution in [-0.4, -0.2) is 18.5 Å². The summed E-state index contributed by atoms with van der Waals surface area (Å²) < 4.78 is 0. The van der Waals surface area contributed by atoms with E-state index in [2.05, 4.69) is 5.32 Å². The Kier molecular flexibility index (Phi) is 2.27. The zero-order chi connectivity index (χ0) is 7.56. The lowest BCUT2D eigenvalue weighted by Crippen LogP contribution is -2.38. The molecule has 0 heterocycles. The summed E-state index contributed by atoms with van der Waals surface area (Å²) in [6, 6.07) is 0.132. The number of nitrogens with one attached hydrogen (secondary N) is 1. The van der Waals surface area contributed by atoms with Gasteiger partial charge in [0.1, 0.15) is 0 Å². The van der Waals surface area contributed by atoms with Crippen LogP contribution in [0.25, 0.3) is 0 Å². The number of hydrogen-bond donors (Lipinski definition) is 2. The number of amides is 1. The minimum atomic E-state index is 0.132. The summed E-state index contributed by atoms with van der Waals surface area (Å²) in [5.74, 6) is 0.479. The highest BCUT2D eigenvalue weighted by molar-refractivity contribution is 5.81. The van der Waals surface area contributed by atoms with E-state index in [0.717, 1.165) is 12.8 Å². The molecule has 1 aliphatic rings. The summed E-state index contributed by atoms with van der Waals surface area (Å²) in [5, 5.41) is 2.83. The third-order valence-electron chi connectivity index (χ3n) is 1.69. The van der Waals surface area contributed by atoms with Gasteiger partial charge in [0, 0.05) is 18.5 Å². The first-order chi connectivity index (χ1) is 4.74. The van der Waals surface area contributed by atoms with Gasteiger partial charge >= 0.3 is 0 Å². The molecule has 3 N–H and O–H groups in total. The van der Waals surface area contributed by atoms with E-state index in [1.807, 2.05) is 6.92 Å². The van der Waals surface area contributed by atoms with Gasteiger partial charge in [-0.1, -0.05) is 0 Å². The molecule has 0 spiro atoms. The number of carbonyl (C=O) groups is 1. The lowest BCUT2D eigenvalue weighted by molar-refractivity contribution is -0.122. The van der Waals surface area contributed by atoms with Gasteiger partial charge in [-0.15, -0.1) is 0 Å². The van der Waals surface area contributed by atoms with Crippen LogP contribution < -0.4 is 11.1 Å². The van der Waals surface area contributed by atoms with E-state index in [4.69, 9.17) is 5.73 Å². The molecule has 0 bridgehead atoms. The molecule has 0 radical (unpaired) electrons. The van der Waals surface area contributed by atoms with Gasteiger partial charge in [0.15, 0.2) is 0 Å². The maximum Gasteiger partial charge on any atom is 0.223 e. The van der Waals surface area contributed by atoms with E-state index >= 15 is 0 Å². The summed E-state index contributed by atoms with van der Waals surface area (Å²) >= 11 is 0. The molecule has 0 saturated heterocycles. The van der Waals surface area contributed by atoms with Gasteiger partial charge in [0.2, 0.25) is 5.91 Å². The molecule has 10 heavy (non-hydrogen) atoms. The van der Waals surface area contributed by atoms with Crippen molar-refractivity contribution in [1.29, 1.82) is 0 Å². The van der Waals surface area contributed by atoms with Crippen LogP contribution in [0.1, 0.15) is 19.8 Å². The van der Waals surface area contributed by atoms with Crippen LogP contribution in [0.4, 0.5) is 0 Å². The van der Waals surface area contributed by atoms with Gasteiger partial charge < -0.3 is 11.1 Å².